The van der Waals surface area contributed by atoms with Crippen LogP contribution in [0.3, 0.4) is 0 Å². The Morgan fingerprint density at radius 1 is 1.50 bits per heavy atom. The summed E-state index contributed by atoms with van der Waals surface area (Å²) in [6, 6.07) is 8.28. The number of nitrogens with two attached hydrogens (primary N) is 2. The first kappa shape index (κ1) is 15.5. The second kappa shape index (κ2) is 5.84. The quantitative estimate of drug-likeness (QED) is 0.881. The van der Waals surface area contributed by atoms with Crippen LogP contribution in [0.5, 0.6) is 0 Å². The summed E-state index contributed by atoms with van der Waals surface area (Å²) in [5.74, 6) is -0.224. The molecule has 20 heavy (non-hydrogen) atoms. The molecule has 1 aliphatic rings. The molecule has 1 heterocycles. The van der Waals surface area contributed by atoms with E-state index in [1.165, 1.54) is 5.56 Å². The Kier molecular flexibility index (Phi) is 4.52. The van der Waals surface area contributed by atoms with Crippen molar-refractivity contribution >= 4 is 21.8 Å². The molecule has 1 aromatic rings. The molecule has 0 radical (unpaired) electrons. The number of carbonyl (C=O) groups is 1. The second-order valence-electron chi connectivity index (χ2n) is 6.00. The topological polar surface area (TPSA) is 72.3 Å². The van der Waals surface area contributed by atoms with E-state index in [2.05, 4.69) is 33.0 Å². The van der Waals surface area contributed by atoms with E-state index in [0.29, 0.717) is 6.54 Å². The van der Waals surface area contributed by atoms with Crippen molar-refractivity contribution in [1.29, 1.82) is 0 Å². The number of nitrogens with zero attached hydrogens (tertiary/aromatic N) is 1. The Bertz CT molecular complexity index is 506. The number of halogens is 1. The largest absolute Gasteiger partial charge is 0.369 e. The van der Waals surface area contributed by atoms with E-state index in [4.69, 9.17) is 11.5 Å². The summed E-state index contributed by atoms with van der Waals surface area (Å²) < 4.78 is 1.04. The monoisotopic (exact) mass is 339 g/mol. The fourth-order valence-electron chi connectivity index (χ4n) is 2.97. The van der Waals surface area contributed by atoms with Gasteiger partial charge in [0.1, 0.15) is 0 Å². The molecule has 1 fully saturated rings. The van der Waals surface area contributed by atoms with Crippen molar-refractivity contribution in [1.82, 2.24) is 4.90 Å². The molecule has 1 saturated heterocycles. The van der Waals surface area contributed by atoms with Crippen LogP contribution < -0.4 is 11.5 Å². The van der Waals surface area contributed by atoms with Crippen LogP contribution >= 0.6 is 15.9 Å². The zero-order valence-electron chi connectivity index (χ0n) is 12.0. The Balaban J connectivity index is 2.25. The summed E-state index contributed by atoms with van der Waals surface area (Å²) in [4.78, 5) is 13.9. The first-order valence-corrected chi connectivity index (χ1v) is 7.68. The lowest BCUT2D eigenvalue weighted by Crippen LogP contribution is -2.42. The van der Waals surface area contributed by atoms with Gasteiger partial charge in [-0.2, -0.15) is 0 Å². The number of hydrogen-bond donors (Lipinski definition) is 2. The summed E-state index contributed by atoms with van der Waals surface area (Å²) >= 11 is 3.50. The van der Waals surface area contributed by atoms with E-state index in [0.717, 1.165) is 17.4 Å². The van der Waals surface area contributed by atoms with Crippen molar-refractivity contribution in [3.05, 3.63) is 34.3 Å². The van der Waals surface area contributed by atoms with Gasteiger partial charge in [-0.3, -0.25) is 9.69 Å². The molecule has 0 aromatic heterocycles. The van der Waals surface area contributed by atoms with E-state index in [9.17, 15) is 4.79 Å². The van der Waals surface area contributed by atoms with Gasteiger partial charge in [0.2, 0.25) is 5.91 Å². The molecule has 2 rings (SSSR count). The second-order valence-corrected chi connectivity index (χ2v) is 6.92. The van der Waals surface area contributed by atoms with Crippen LogP contribution in [0.1, 0.15) is 31.9 Å². The Hall–Kier alpha value is -0.910. The van der Waals surface area contributed by atoms with Crippen molar-refractivity contribution in [2.24, 2.45) is 16.9 Å². The minimum atomic E-state index is -0.445. The van der Waals surface area contributed by atoms with Crippen LogP contribution in [0.2, 0.25) is 0 Å². The first-order chi connectivity index (χ1) is 9.33. The number of carbonyl (C=O) groups excluding carboxylic acids is 1. The molecule has 110 valence electrons. The molecule has 0 aliphatic carbocycles. The number of primary amides is 1. The number of amides is 1. The van der Waals surface area contributed by atoms with Gasteiger partial charge in [-0.15, -0.1) is 0 Å². The lowest BCUT2D eigenvalue weighted by Gasteiger charge is -2.32. The third-order valence-electron chi connectivity index (χ3n) is 4.18. The molecule has 0 saturated carbocycles. The molecule has 1 amide bonds. The lowest BCUT2D eigenvalue weighted by atomic mass is 9.89. The highest BCUT2D eigenvalue weighted by Gasteiger charge is 2.42. The lowest BCUT2D eigenvalue weighted by molar-refractivity contribution is -0.126. The maximum atomic E-state index is 11.6. The average molecular weight is 340 g/mol. The van der Waals surface area contributed by atoms with Gasteiger partial charge >= 0.3 is 0 Å². The first-order valence-electron chi connectivity index (χ1n) is 6.88. The predicted molar refractivity (Wildman–Crippen MR) is 84.0 cm³/mol. The van der Waals surface area contributed by atoms with E-state index >= 15 is 0 Å². The normalized spacial score (nSPS) is 26.4. The molecular formula is C15H22BrN3O. The van der Waals surface area contributed by atoms with Gasteiger partial charge in [-0.1, -0.05) is 28.1 Å². The highest BCUT2D eigenvalue weighted by molar-refractivity contribution is 9.10. The number of hydrogen-bond acceptors (Lipinski definition) is 3. The van der Waals surface area contributed by atoms with Crippen LogP contribution in [-0.2, 0) is 4.79 Å². The van der Waals surface area contributed by atoms with Gasteiger partial charge in [0, 0.05) is 23.1 Å². The van der Waals surface area contributed by atoms with Crippen LogP contribution in [0.4, 0.5) is 0 Å². The molecule has 0 spiro atoms. The number of likely N-dealkylation sites (tertiary alicyclic amines) is 1. The predicted octanol–water partition coefficient (Wildman–Crippen LogP) is 2.03. The Morgan fingerprint density at radius 2 is 2.20 bits per heavy atom. The van der Waals surface area contributed by atoms with Crippen molar-refractivity contribution in [3.8, 4) is 0 Å². The van der Waals surface area contributed by atoms with Crippen LogP contribution in [0, 0.1) is 5.41 Å². The molecule has 3 atom stereocenters. The standard InChI is InChI=1S/C15H22BrN3O/c1-10(17)13(11-4-3-5-12(16)8-11)19-7-6-15(2,9-19)14(18)20/h3-5,8,10,13H,6-7,9,17H2,1-2H3,(H2,18,20). The zero-order chi connectivity index (χ0) is 14.9. The molecular weight excluding hydrogens is 318 g/mol. The fourth-order valence-corrected chi connectivity index (χ4v) is 3.39. The van der Waals surface area contributed by atoms with Crippen molar-refractivity contribution in [2.75, 3.05) is 13.1 Å². The molecule has 1 aromatic carbocycles. The summed E-state index contributed by atoms with van der Waals surface area (Å²) in [5, 5.41) is 0. The summed E-state index contributed by atoms with van der Waals surface area (Å²) in [6.45, 7) is 5.46. The molecule has 1 aliphatic heterocycles. The van der Waals surface area contributed by atoms with Crippen LogP contribution in [0.25, 0.3) is 0 Å². The van der Waals surface area contributed by atoms with Gasteiger partial charge in [0.15, 0.2) is 0 Å². The van der Waals surface area contributed by atoms with Gasteiger partial charge in [0.25, 0.3) is 0 Å². The van der Waals surface area contributed by atoms with E-state index in [1.807, 2.05) is 26.0 Å². The highest BCUT2D eigenvalue weighted by Crippen LogP contribution is 2.36. The molecule has 5 heteroatoms. The smallest absolute Gasteiger partial charge is 0.224 e. The highest BCUT2D eigenvalue weighted by atomic mass is 79.9. The third-order valence-corrected chi connectivity index (χ3v) is 4.67. The minimum absolute atomic E-state index is 0.0143. The van der Waals surface area contributed by atoms with Gasteiger partial charge in [0.05, 0.1) is 5.41 Å². The van der Waals surface area contributed by atoms with Crippen molar-refractivity contribution in [3.63, 3.8) is 0 Å². The molecule has 4 nitrogen and oxygen atoms in total. The van der Waals surface area contributed by atoms with Crippen LogP contribution in [0.15, 0.2) is 28.7 Å². The Labute approximate surface area is 128 Å². The molecule has 3 unspecified atom stereocenters. The summed E-state index contributed by atoms with van der Waals surface area (Å²) in [7, 11) is 0. The summed E-state index contributed by atoms with van der Waals surface area (Å²) in [6.07, 6.45) is 0.791. The van der Waals surface area contributed by atoms with E-state index < -0.39 is 5.41 Å². The third kappa shape index (κ3) is 3.05. The van der Waals surface area contributed by atoms with E-state index in [1.54, 1.807) is 0 Å². The fraction of sp³-hybridized carbons (Fsp3) is 0.533. The zero-order valence-corrected chi connectivity index (χ0v) is 13.6. The maximum Gasteiger partial charge on any atom is 0.224 e. The van der Waals surface area contributed by atoms with Gasteiger partial charge < -0.3 is 11.5 Å². The maximum absolute atomic E-state index is 11.6. The SMILES string of the molecule is CC(N)C(c1cccc(Br)c1)N1CCC(C)(C(N)=O)C1. The van der Waals surface area contributed by atoms with Gasteiger partial charge in [-0.05, 0) is 44.5 Å². The van der Waals surface area contributed by atoms with Gasteiger partial charge in [-0.25, -0.2) is 0 Å². The average Bonchev–Trinajstić information content (AvgIpc) is 2.73. The number of rotatable bonds is 4. The van der Waals surface area contributed by atoms with Crippen molar-refractivity contribution in [2.45, 2.75) is 32.4 Å². The van der Waals surface area contributed by atoms with E-state index in [-0.39, 0.29) is 18.0 Å². The molecule has 4 N–H and O–H groups in total. The van der Waals surface area contributed by atoms with Crippen LogP contribution in [-0.4, -0.2) is 29.9 Å². The molecule has 0 bridgehead atoms. The number of benzene rings is 1. The Morgan fingerprint density at radius 3 is 2.70 bits per heavy atom. The van der Waals surface area contributed by atoms with Crippen molar-refractivity contribution < 1.29 is 4.79 Å². The summed E-state index contributed by atoms with van der Waals surface area (Å²) in [5.41, 5.74) is 12.4. The minimum Gasteiger partial charge on any atom is -0.369 e.